The van der Waals surface area contributed by atoms with Crippen LogP contribution in [0.15, 0.2) is 22.8 Å². The number of amides is 1. The largest absolute Gasteiger partial charge is 0.459 e. The van der Waals surface area contributed by atoms with Crippen molar-refractivity contribution < 1.29 is 22.4 Å². The highest BCUT2D eigenvalue weighted by molar-refractivity contribution is 7.89. The fourth-order valence-electron chi connectivity index (χ4n) is 2.16. The zero-order valence-electron chi connectivity index (χ0n) is 12.0. The number of rotatable bonds is 6. The zero-order valence-corrected chi connectivity index (χ0v) is 12.8. The number of carbonyl (C=O) groups excluding carboxylic acids is 1. The summed E-state index contributed by atoms with van der Waals surface area (Å²) < 4.78 is 35.7. The smallest absolute Gasteiger partial charge is 0.289 e. The van der Waals surface area contributed by atoms with Gasteiger partial charge in [-0.25, -0.2) is 8.42 Å². The third kappa shape index (κ3) is 4.05. The van der Waals surface area contributed by atoms with Gasteiger partial charge in [0.15, 0.2) is 5.76 Å². The molecular formula is C13H20N2O5S. The van der Waals surface area contributed by atoms with Crippen molar-refractivity contribution in [2.45, 2.75) is 6.92 Å². The van der Waals surface area contributed by atoms with E-state index in [1.165, 1.54) is 10.6 Å². The molecule has 21 heavy (non-hydrogen) atoms. The summed E-state index contributed by atoms with van der Waals surface area (Å²) in [7, 11) is -3.31. The average molecular weight is 316 g/mol. The maximum Gasteiger partial charge on any atom is 0.289 e. The Morgan fingerprint density at radius 3 is 2.62 bits per heavy atom. The van der Waals surface area contributed by atoms with Crippen molar-refractivity contribution in [3.63, 3.8) is 0 Å². The summed E-state index contributed by atoms with van der Waals surface area (Å²) in [6.45, 7) is 3.87. The van der Waals surface area contributed by atoms with Crippen LogP contribution in [-0.2, 0) is 14.8 Å². The number of carbonyl (C=O) groups is 1. The van der Waals surface area contributed by atoms with Gasteiger partial charge in [0, 0.05) is 32.8 Å². The number of sulfonamides is 1. The molecule has 1 aromatic heterocycles. The number of piperazine rings is 1. The SMILES string of the molecule is CCOCCS(=O)(=O)N1CCN(C(=O)c2ccco2)CC1. The molecule has 1 aromatic rings. The highest BCUT2D eigenvalue weighted by Gasteiger charge is 2.29. The van der Waals surface area contributed by atoms with Gasteiger partial charge in [0.1, 0.15) is 0 Å². The Balaban J connectivity index is 1.87. The Bertz CT molecular complexity index is 547. The van der Waals surface area contributed by atoms with E-state index >= 15 is 0 Å². The van der Waals surface area contributed by atoms with Crippen LogP contribution in [-0.4, -0.2) is 68.7 Å². The van der Waals surface area contributed by atoms with Crippen molar-refractivity contribution in [2.24, 2.45) is 0 Å². The van der Waals surface area contributed by atoms with Crippen molar-refractivity contribution in [3.8, 4) is 0 Å². The molecule has 0 aliphatic carbocycles. The molecule has 8 heteroatoms. The van der Waals surface area contributed by atoms with E-state index in [0.29, 0.717) is 32.8 Å². The quantitative estimate of drug-likeness (QED) is 0.710. The lowest BCUT2D eigenvalue weighted by atomic mass is 10.3. The second-order valence-corrected chi connectivity index (χ2v) is 6.77. The molecule has 0 atom stereocenters. The Morgan fingerprint density at radius 1 is 1.33 bits per heavy atom. The topological polar surface area (TPSA) is 80.1 Å². The normalized spacial score (nSPS) is 17.1. The van der Waals surface area contributed by atoms with E-state index in [0.717, 1.165) is 0 Å². The lowest BCUT2D eigenvalue weighted by Gasteiger charge is -2.33. The van der Waals surface area contributed by atoms with Gasteiger partial charge in [-0.15, -0.1) is 0 Å². The molecule has 1 aliphatic rings. The Morgan fingerprint density at radius 2 is 2.05 bits per heavy atom. The molecule has 0 spiro atoms. The van der Waals surface area contributed by atoms with Crippen LogP contribution in [0.1, 0.15) is 17.5 Å². The van der Waals surface area contributed by atoms with E-state index in [4.69, 9.17) is 9.15 Å². The van der Waals surface area contributed by atoms with E-state index in [2.05, 4.69) is 0 Å². The maximum absolute atomic E-state index is 12.1. The van der Waals surface area contributed by atoms with Gasteiger partial charge in [-0.2, -0.15) is 4.31 Å². The highest BCUT2D eigenvalue weighted by Crippen LogP contribution is 2.12. The van der Waals surface area contributed by atoms with Crippen LogP contribution in [0.4, 0.5) is 0 Å². The first-order chi connectivity index (χ1) is 10.0. The van der Waals surface area contributed by atoms with Crippen LogP contribution in [0, 0.1) is 0 Å². The molecular weight excluding hydrogens is 296 g/mol. The van der Waals surface area contributed by atoms with Crippen LogP contribution in [0.3, 0.4) is 0 Å². The third-order valence-electron chi connectivity index (χ3n) is 3.34. The zero-order chi connectivity index (χ0) is 15.3. The third-order valence-corrected chi connectivity index (χ3v) is 5.18. The number of hydrogen-bond acceptors (Lipinski definition) is 5. The van der Waals surface area contributed by atoms with E-state index in [1.807, 2.05) is 6.92 Å². The van der Waals surface area contributed by atoms with Crippen molar-refractivity contribution in [1.29, 1.82) is 0 Å². The predicted octanol–water partition coefficient (Wildman–Crippen LogP) is 0.404. The average Bonchev–Trinajstić information content (AvgIpc) is 3.01. The molecule has 1 amide bonds. The molecule has 0 unspecified atom stereocenters. The van der Waals surface area contributed by atoms with Crippen molar-refractivity contribution in [2.75, 3.05) is 45.1 Å². The summed E-state index contributed by atoms with van der Waals surface area (Å²) in [6, 6.07) is 3.26. The first kappa shape index (κ1) is 16.0. The molecule has 0 aromatic carbocycles. The Hall–Kier alpha value is -1.38. The summed E-state index contributed by atoms with van der Waals surface area (Å²) in [5, 5.41) is 0. The van der Waals surface area contributed by atoms with E-state index in [-0.39, 0.29) is 24.0 Å². The number of furan rings is 1. The van der Waals surface area contributed by atoms with Crippen LogP contribution in [0.2, 0.25) is 0 Å². The molecule has 1 fully saturated rings. The van der Waals surface area contributed by atoms with Gasteiger partial charge in [-0.3, -0.25) is 4.79 Å². The molecule has 2 heterocycles. The van der Waals surface area contributed by atoms with E-state index < -0.39 is 10.0 Å². The molecule has 0 N–H and O–H groups in total. The molecule has 0 saturated carbocycles. The summed E-state index contributed by atoms with van der Waals surface area (Å²) in [5.74, 6) is 0.0569. The summed E-state index contributed by atoms with van der Waals surface area (Å²) in [4.78, 5) is 13.7. The lowest BCUT2D eigenvalue weighted by molar-refractivity contribution is 0.0665. The van der Waals surface area contributed by atoms with Crippen LogP contribution >= 0.6 is 0 Å². The second kappa shape index (κ2) is 7.06. The minimum absolute atomic E-state index is 0.0209. The number of ether oxygens (including phenoxy) is 1. The van der Waals surface area contributed by atoms with Crippen LogP contribution < -0.4 is 0 Å². The van der Waals surface area contributed by atoms with Crippen molar-refractivity contribution in [1.82, 2.24) is 9.21 Å². The monoisotopic (exact) mass is 316 g/mol. The second-order valence-electron chi connectivity index (χ2n) is 4.68. The fraction of sp³-hybridized carbons (Fsp3) is 0.615. The lowest BCUT2D eigenvalue weighted by Crippen LogP contribution is -2.51. The van der Waals surface area contributed by atoms with Crippen LogP contribution in [0.25, 0.3) is 0 Å². The summed E-state index contributed by atoms with van der Waals surface area (Å²) >= 11 is 0. The standard InChI is InChI=1S/C13H20N2O5S/c1-2-19-10-11-21(17,18)15-7-5-14(6-8-15)13(16)12-4-3-9-20-12/h3-4,9H,2,5-8,10-11H2,1H3. The van der Waals surface area contributed by atoms with Crippen molar-refractivity contribution in [3.05, 3.63) is 24.2 Å². The van der Waals surface area contributed by atoms with Gasteiger partial charge in [0.25, 0.3) is 5.91 Å². The minimum Gasteiger partial charge on any atom is -0.459 e. The molecule has 2 rings (SSSR count). The van der Waals surface area contributed by atoms with E-state index in [9.17, 15) is 13.2 Å². The predicted molar refractivity (Wildman–Crippen MR) is 76.5 cm³/mol. The van der Waals surface area contributed by atoms with Gasteiger partial charge in [0.2, 0.25) is 10.0 Å². The van der Waals surface area contributed by atoms with Gasteiger partial charge in [-0.05, 0) is 19.1 Å². The van der Waals surface area contributed by atoms with Gasteiger partial charge >= 0.3 is 0 Å². The first-order valence-corrected chi connectivity index (χ1v) is 8.54. The van der Waals surface area contributed by atoms with Gasteiger partial charge < -0.3 is 14.1 Å². The van der Waals surface area contributed by atoms with E-state index in [1.54, 1.807) is 17.0 Å². The Kier molecular flexibility index (Phi) is 5.38. The summed E-state index contributed by atoms with van der Waals surface area (Å²) in [5.41, 5.74) is 0. The maximum atomic E-state index is 12.1. The first-order valence-electron chi connectivity index (χ1n) is 6.93. The minimum atomic E-state index is -3.31. The number of nitrogens with zero attached hydrogens (tertiary/aromatic N) is 2. The fourth-order valence-corrected chi connectivity index (χ4v) is 3.47. The Labute approximate surface area is 124 Å². The molecule has 0 radical (unpaired) electrons. The number of hydrogen-bond donors (Lipinski definition) is 0. The van der Waals surface area contributed by atoms with Gasteiger partial charge in [0.05, 0.1) is 18.6 Å². The molecule has 118 valence electrons. The molecule has 7 nitrogen and oxygen atoms in total. The molecule has 1 aliphatic heterocycles. The highest BCUT2D eigenvalue weighted by atomic mass is 32.2. The van der Waals surface area contributed by atoms with Crippen LogP contribution in [0.5, 0.6) is 0 Å². The summed E-state index contributed by atoms with van der Waals surface area (Å²) in [6.07, 6.45) is 1.45. The van der Waals surface area contributed by atoms with Gasteiger partial charge in [-0.1, -0.05) is 0 Å². The molecule has 1 saturated heterocycles. The molecule has 0 bridgehead atoms. The van der Waals surface area contributed by atoms with Crippen molar-refractivity contribution >= 4 is 15.9 Å².